The van der Waals surface area contributed by atoms with Gasteiger partial charge in [-0.3, -0.25) is 4.79 Å². The molecule has 0 saturated heterocycles. The van der Waals surface area contributed by atoms with Crippen LogP contribution < -0.4 is 14.8 Å². The van der Waals surface area contributed by atoms with Gasteiger partial charge in [-0.1, -0.05) is 55.5 Å². The minimum Gasteiger partial charge on any atom is -0.490 e. The number of rotatable bonds is 9. The number of hydrogen-bond donors (Lipinski definition) is 1. The van der Waals surface area contributed by atoms with Gasteiger partial charge in [-0.2, -0.15) is 5.26 Å². The van der Waals surface area contributed by atoms with Crippen molar-refractivity contribution in [1.82, 2.24) is 5.32 Å². The number of amides is 1. The molecule has 0 bridgehead atoms. The summed E-state index contributed by atoms with van der Waals surface area (Å²) in [4.78, 5) is 12.3. The highest BCUT2D eigenvalue weighted by Crippen LogP contribution is 2.31. The molecule has 0 spiro atoms. The standard InChI is InChI=1S/C27H28N2O3/c1-4-19(3)29-27(30)23(17-28)15-20-13-14-25(26(16-20)31-5-2)32-18-22-11-8-10-21-9-6-7-12-24(21)22/h6-16,19H,4-5,18H2,1-3H3,(H,29,30)/b23-15+/t19-/m0/s1. The third-order valence-electron chi connectivity index (χ3n) is 5.20. The zero-order valence-electron chi connectivity index (χ0n) is 18.7. The molecule has 0 aliphatic rings. The van der Waals surface area contributed by atoms with Crippen molar-refractivity contribution in [2.24, 2.45) is 0 Å². The van der Waals surface area contributed by atoms with Crippen LogP contribution >= 0.6 is 0 Å². The molecular formula is C27H28N2O3. The predicted octanol–water partition coefficient (Wildman–Crippen LogP) is 5.64. The molecule has 1 amide bonds. The van der Waals surface area contributed by atoms with E-state index in [0.29, 0.717) is 30.3 Å². The number of benzene rings is 3. The lowest BCUT2D eigenvalue weighted by atomic mass is 10.1. The maximum Gasteiger partial charge on any atom is 0.262 e. The zero-order chi connectivity index (χ0) is 22.9. The number of nitrogens with one attached hydrogen (secondary N) is 1. The number of carbonyl (C=O) groups excluding carboxylic acids is 1. The second-order valence-corrected chi connectivity index (χ2v) is 7.52. The Hall–Kier alpha value is -3.78. The second-order valence-electron chi connectivity index (χ2n) is 7.52. The highest BCUT2D eigenvalue weighted by Gasteiger charge is 2.13. The van der Waals surface area contributed by atoms with E-state index in [1.54, 1.807) is 12.1 Å². The van der Waals surface area contributed by atoms with Crippen molar-refractivity contribution in [2.45, 2.75) is 39.8 Å². The number of nitrogens with zero attached hydrogens (tertiary/aromatic N) is 1. The molecule has 0 aromatic heterocycles. The van der Waals surface area contributed by atoms with Crippen LogP contribution in [-0.2, 0) is 11.4 Å². The summed E-state index contributed by atoms with van der Waals surface area (Å²) < 4.78 is 11.9. The van der Waals surface area contributed by atoms with Crippen LogP contribution in [0.5, 0.6) is 11.5 Å². The summed E-state index contributed by atoms with van der Waals surface area (Å²) in [5.41, 5.74) is 1.84. The Morgan fingerprint density at radius 3 is 2.59 bits per heavy atom. The molecule has 1 atom stereocenters. The van der Waals surface area contributed by atoms with Crippen LogP contribution in [0.15, 0.2) is 66.2 Å². The number of hydrogen-bond acceptors (Lipinski definition) is 4. The van der Waals surface area contributed by atoms with Crippen molar-refractivity contribution in [3.8, 4) is 17.6 Å². The first-order valence-corrected chi connectivity index (χ1v) is 10.8. The normalized spacial score (nSPS) is 12.1. The Balaban J connectivity index is 1.82. The SMILES string of the molecule is CCOc1cc(/C=C(\C#N)C(=O)N[C@@H](C)CC)ccc1OCc1cccc2ccccc12. The minimum atomic E-state index is -0.379. The summed E-state index contributed by atoms with van der Waals surface area (Å²) in [5.74, 6) is 0.803. The third-order valence-corrected chi connectivity index (χ3v) is 5.20. The average molecular weight is 429 g/mol. The van der Waals surface area contributed by atoms with Gasteiger partial charge < -0.3 is 14.8 Å². The molecule has 5 nitrogen and oxygen atoms in total. The number of nitriles is 1. The molecule has 1 N–H and O–H groups in total. The largest absolute Gasteiger partial charge is 0.490 e. The molecule has 3 aromatic rings. The van der Waals surface area contributed by atoms with Gasteiger partial charge in [0, 0.05) is 6.04 Å². The van der Waals surface area contributed by atoms with E-state index in [1.165, 1.54) is 5.39 Å². The number of fused-ring (bicyclic) bond motifs is 1. The molecule has 3 aromatic carbocycles. The lowest BCUT2D eigenvalue weighted by molar-refractivity contribution is -0.117. The van der Waals surface area contributed by atoms with Gasteiger partial charge in [0.15, 0.2) is 11.5 Å². The lowest BCUT2D eigenvalue weighted by Gasteiger charge is -2.14. The van der Waals surface area contributed by atoms with Gasteiger partial charge in [0.1, 0.15) is 18.2 Å². The van der Waals surface area contributed by atoms with Gasteiger partial charge in [0.2, 0.25) is 0 Å². The molecular weight excluding hydrogens is 400 g/mol. The summed E-state index contributed by atoms with van der Waals surface area (Å²) in [6.07, 6.45) is 2.36. The minimum absolute atomic E-state index is 0.00285. The summed E-state index contributed by atoms with van der Waals surface area (Å²) in [6, 6.07) is 21.7. The lowest BCUT2D eigenvalue weighted by Crippen LogP contribution is -2.32. The van der Waals surface area contributed by atoms with Crippen LogP contribution in [0.25, 0.3) is 16.8 Å². The topological polar surface area (TPSA) is 71.3 Å². The molecule has 0 aliphatic heterocycles. The Morgan fingerprint density at radius 2 is 1.84 bits per heavy atom. The fraction of sp³-hybridized carbons (Fsp3) is 0.259. The maximum atomic E-state index is 12.3. The van der Waals surface area contributed by atoms with Crippen LogP contribution in [-0.4, -0.2) is 18.6 Å². The summed E-state index contributed by atoms with van der Waals surface area (Å²) >= 11 is 0. The molecule has 0 saturated carbocycles. The van der Waals surface area contributed by atoms with Crippen molar-refractivity contribution in [2.75, 3.05) is 6.61 Å². The van der Waals surface area contributed by atoms with Gasteiger partial charge in [0.05, 0.1) is 6.61 Å². The summed E-state index contributed by atoms with van der Waals surface area (Å²) in [6.45, 7) is 6.65. The van der Waals surface area contributed by atoms with Crippen LogP contribution in [0.4, 0.5) is 0 Å². The summed E-state index contributed by atoms with van der Waals surface area (Å²) in [5, 5.41) is 14.6. The first-order chi connectivity index (χ1) is 15.5. The van der Waals surface area contributed by atoms with E-state index in [2.05, 4.69) is 29.6 Å². The number of carbonyl (C=O) groups is 1. The highest BCUT2D eigenvalue weighted by molar-refractivity contribution is 6.01. The zero-order valence-corrected chi connectivity index (χ0v) is 18.7. The molecule has 0 radical (unpaired) electrons. The van der Waals surface area contributed by atoms with Crippen molar-refractivity contribution in [1.29, 1.82) is 5.26 Å². The van der Waals surface area contributed by atoms with Gasteiger partial charge >= 0.3 is 0 Å². The first kappa shape index (κ1) is 22.9. The predicted molar refractivity (Wildman–Crippen MR) is 127 cm³/mol. The second kappa shape index (κ2) is 11.0. The fourth-order valence-corrected chi connectivity index (χ4v) is 3.29. The van der Waals surface area contributed by atoms with Crippen LogP contribution in [0, 0.1) is 11.3 Å². The van der Waals surface area contributed by atoms with Crippen molar-refractivity contribution < 1.29 is 14.3 Å². The van der Waals surface area contributed by atoms with E-state index in [4.69, 9.17) is 9.47 Å². The Bertz CT molecular complexity index is 1160. The highest BCUT2D eigenvalue weighted by atomic mass is 16.5. The van der Waals surface area contributed by atoms with E-state index in [-0.39, 0.29) is 17.5 Å². The van der Waals surface area contributed by atoms with Crippen LogP contribution in [0.2, 0.25) is 0 Å². The molecule has 164 valence electrons. The maximum absolute atomic E-state index is 12.3. The van der Waals surface area contributed by atoms with Gasteiger partial charge in [0.25, 0.3) is 5.91 Å². The van der Waals surface area contributed by atoms with Gasteiger partial charge in [-0.25, -0.2) is 0 Å². The van der Waals surface area contributed by atoms with E-state index >= 15 is 0 Å². The third kappa shape index (κ3) is 5.67. The molecule has 0 unspecified atom stereocenters. The average Bonchev–Trinajstić information content (AvgIpc) is 2.82. The summed E-state index contributed by atoms with van der Waals surface area (Å²) in [7, 11) is 0. The molecule has 5 heteroatoms. The van der Waals surface area contributed by atoms with Gasteiger partial charge in [-0.15, -0.1) is 0 Å². The Kier molecular flexibility index (Phi) is 7.88. The quantitative estimate of drug-likeness (QED) is 0.354. The Labute approximate surface area is 189 Å². The van der Waals surface area contributed by atoms with E-state index < -0.39 is 0 Å². The molecule has 0 heterocycles. The van der Waals surface area contributed by atoms with Gasteiger partial charge in [-0.05, 0) is 60.4 Å². The van der Waals surface area contributed by atoms with Crippen molar-refractivity contribution in [3.63, 3.8) is 0 Å². The van der Waals surface area contributed by atoms with Crippen molar-refractivity contribution in [3.05, 3.63) is 77.4 Å². The van der Waals surface area contributed by atoms with E-state index in [0.717, 1.165) is 17.4 Å². The molecule has 0 aliphatic carbocycles. The van der Waals surface area contributed by atoms with Crippen LogP contribution in [0.3, 0.4) is 0 Å². The van der Waals surface area contributed by atoms with E-state index in [9.17, 15) is 10.1 Å². The van der Waals surface area contributed by atoms with E-state index in [1.807, 2.05) is 57.2 Å². The smallest absolute Gasteiger partial charge is 0.262 e. The molecule has 3 rings (SSSR count). The monoisotopic (exact) mass is 428 g/mol. The van der Waals surface area contributed by atoms with Crippen molar-refractivity contribution >= 4 is 22.8 Å². The molecule has 32 heavy (non-hydrogen) atoms. The fourth-order valence-electron chi connectivity index (χ4n) is 3.29. The Morgan fingerprint density at radius 1 is 1.06 bits per heavy atom. The number of ether oxygens (including phenoxy) is 2. The molecule has 0 fully saturated rings. The van der Waals surface area contributed by atoms with Crippen LogP contribution in [0.1, 0.15) is 38.3 Å². The first-order valence-electron chi connectivity index (χ1n) is 10.8.